The third-order valence-electron chi connectivity index (χ3n) is 6.31. The average molecular weight is 378 g/mol. The van der Waals surface area contributed by atoms with Crippen molar-refractivity contribution < 1.29 is 14.1 Å². The van der Waals surface area contributed by atoms with Crippen molar-refractivity contribution in [1.82, 2.24) is 10.3 Å². The van der Waals surface area contributed by atoms with E-state index in [1.165, 1.54) is 0 Å². The van der Waals surface area contributed by atoms with Crippen molar-refractivity contribution in [3.63, 3.8) is 0 Å². The number of hydrogen-bond donors (Lipinski definition) is 1. The molecule has 146 valence electrons. The van der Waals surface area contributed by atoms with Crippen LogP contribution in [0.15, 0.2) is 42.6 Å². The summed E-state index contributed by atoms with van der Waals surface area (Å²) in [7, 11) is -0.483. The van der Waals surface area contributed by atoms with Gasteiger partial charge in [-0.25, -0.2) is 0 Å². The Balaban J connectivity index is 1.57. The number of aromatic nitrogens is 1. The molecule has 28 heavy (non-hydrogen) atoms. The number of pyridine rings is 1. The van der Waals surface area contributed by atoms with Gasteiger partial charge in [0.2, 0.25) is 0 Å². The summed E-state index contributed by atoms with van der Waals surface area (Å²) in [6, 6.07) is 11.5. The van der Waals surface area contributed by atoms with Crippen LogP contribution in [0, 0.1) is 6.92 Å². The molecule has 2 fully saturated rings. The van der Waals surface area contributed by atoms with Crippen LogP contribution < -0.4 is 10.8 Å². The van der Waals surface area contributed by atoms with Gasteiger partial charge in [0.25, 0.3) is 5.91 Å². The zero-order valence-corrected chi connectivity index (χ0v) is 17.2. The summed E-state index contributed by atoms with van der Waals surface area (Å²) in [4.78, 5) is 17.4. The summed E-state index contributed by atoms with van der Waals surface area (Å²) < 4.78 is 12.4. The Kier molecular flexibility index (Phi) is 4.40. The molecular formula is C22H27BN2O3. The number of hydrogen-bond acceptors (Lipinski definition) is 4. The first kappa shape index (κ1) is 19.2. The lowest BCUT2D eigenvalue weighted by molar-refractivity contribution is 0.00578. The summed E-state index contributed by atoms with van der Waals surface area (Å²) >= 11 is 0. The van der Waals surface area contributed by atoms with E-state index in [0.717, 1.165) is 29.6 Å². The maximum atomic E-state index is 13.0. The highest BCUT2D eigenvalue weighted by Gasteiger charge is 2.52. The highest BCUT2D eigenvalue weighted by atomic mass is 16.7. The van der Waals surface area contributed by atoms with E-state index in [1.54, 1.807) is 6.20 Å². The van der Waals surface area contributed by atoms with Crippen molar-refractivity contribution in [2.24, 2.45) is 0 Å². The molecule has 2 heterocycles. The van der Waals surface area contributed by atoms with Crippen LogP contribution in [0.5, 0.6) is 0 Å². The lowest BCUT2D eigenvalue weighted by Crippen LogP contribution is -2.41. The van der Waals surface area contributed by atoms with Crippen LogP contribution in [0.4, 0.5) is 0 Å². The summed E-state index contributed by atoms with van der Waals surface area (Å²) in [6.45, 7) is 10.1. The molecular weight excluding hydrogens is 351 g/mol. The molecule has 1 saturated heterocycles. The highest BCUT2D eigenvalue weighted by Crippen LogP contribution is 2.44. The number of aryl methyl sites for hydroxylation is 1. The van der Waals surface area contributed by atoms with Crippen molar-refractivity contribution in [1.29, 1.82) is 0 Å². The summed E-state index contributed by atoms with van der Waals surface area (Å²) in [5.41, 5.74) is 2.29. The predicted octanol–water partition coefficient (Wildman–Crippen LogP) is 3.11. The minimum absolute atomic E-state index is 0.0964. The van der Waals surface area contributed by atoms with Crippen LogP contribution in [-0.4, -0.2) is 29.2 Å². The molecule has 0 unspecified atom stereocenters. The van der Waals surface area contributed by atoms with Gasteiger partial charge in [-0.1, -0.05) is 17.7 Å². The Morgan fingerprint density at radius 1 is 1.07 bits per heavy atom. The summed E-state index contributed by atoms with van der Waals surface area (Å²) in [6.07, 6.45) is 3.58. The Labute approximate surface area is 167 Å². The van der Waals surface area contributed by atoms with Gasteiger partial charge >= 0.3 is 7.12 Å². The van der Waals surface area contributed by atoms with Gasteiger partial charge in [-0.2, -0.15) is 0 Å². The van der Waals surface area contributed by atoms with Gasteiger partial charge in [0.05, 0.1) is 22.4 Å². The van der Waals surface area contributed by atoms with Crippen molar-refractivity contribution >= 4 is 18.5 Å². The van der Waals surface area contributed by atoms with E-state index in [1.807, 2.05) is 71.0 Å². The molecule has 1 aliphatic carbocycles. The van der Waals surface area contributed by atoms with Crippen LogP contribution in [0.25, 0.3) is 0 Å². The van der Waals surface area contributed by atoms with E-state index >= 15 is 0 Å². The quantitative estimate of drug-likeness (QED) is 0.831. The number of carbonyl (C=O) groups excluding carboxylic acids is 1. The molecule has 2 aromatic rings. The van der Waals surface area contributed by atoms with E-state index in [0.29, 0.717) is 5.56 Å². The first-order valence-electron chi connectivity index (χ1n) is 9.84. The van der Waals surface area contributed by atoms with Gasteiger partial charge in [0, 0.05) is 11.8 Å². The highest BCUT2D eigenvalue weighted by molar-refractivity contribution is 6.62. The number of nitrogens with zero attached hydrogens (tertiary/aromatic N) is 1. The fourth-order valence-electron chi connectivity index (χ4n) is 3.51. The summed E-state index contributed by atoms with van der Waals surface area (Å²) in [5.74, 6) is -0.0964. The second kappa shape index (κ2) is 6.43. The van der Waals surface area contributed by atoms with Crippen LogP contribution in [-0.2, 0) is 14.8 Å². The Morgan fingerprint density at radius 3 is 2.32 bits per heavy atom. The number of amides is 1. The normalized spacial score (nSPS) is 21.4. The van der Waals surface area contributed by atoms with E-state index in [-0.39, 0.29) is 11.4 Å². The number of rotatable bonds is 4. The monoisotopic (exact) mass is 378 g/mol. The fourth-order valence-corrected chi connectivity index (χ4v) is 3.51. The van der Waals surface area contributed by atoms with Gasteiger partial charge < -0.3 is 14.6 Å². The lowest BCUT2D eigenvalue weighted by atomic mass is 9.75. The predicted molar refractivity (Wildman–Crippen MR) is 110 cm³/mol. The molecule has 1 amide bonds. The van der Waals surface area contributed by atoms with Crippen LogP contribution in [0.3, 0.4) is 0 Å². The lowest BCUT2D eigenvalue weighted by Gasteiger charge is -2.32. The minimum atomic E-state index is -0.483. The zero-order valence-electron chi connectivity index (χ0n) is 17.2. The molecule has 1 aromatic carbocycles. The Hall–Kier alpha value is -2.18. The van der Waals surface area contributed by atoms with E-state index < -0.39 is 18.3 Å². The fraction of sp³-hybridized carbons (Fsp3) is 0.455. The average Bonchev–Trinajstić information content (AvgIpc) is 3.38. The molecule has 1 aliphatic heterocycles. The van der Waals surface area contributed by atoms with Crippen LogP contribution in [0.1, 0.15) is 62.2 Å². The maximum absolute atomic E-state index is 13.0. The van der Waals surface area contributed by atoms with Crippen LogP contribution >= 0.6 is 0 Å². The van der Waals surface area contributed by atoms with Crippen molar-refractivity contribution in [3.05, 3.63) is 59.4 Å². The van der Waals surface area contributed by atoms with Crippen molar-refractivity contribution in [2.75, 3.05) is 0 Å². The van der Waals surface area contributed by atoms with Gasteiger partial charge in [0.15, 0.2) is 0 Å². The van der Waals surface area contributed by atoms with Gasteiger partial charge in [-0.3, -0.25) is 9.78 Å². The molecule has 1 saturated carbocycles. The van der Waals surface area contributed by atoms with Crippen molar-refractivity contribution in [3.8, 4) is 0 Å². The Morgan fingerprint density at radius 2 is 1.75 bits per heavy atom. The first-order chi connectivity index (χ1) is 13.1. The molecule has 0 atom stereocenters. The van der Waals surface area contributed by atoms with E-state index in [4.69, 9.17) is 9.31 Å². The van der Waals surface area contributed by atoms with Gasteiger partial charge in [0.1, 0.15) is 0 Å². The maximum Gasteiger partial charge on any atom is 0.495 e. The molecule has 5 nitrogen and oxygen atoms in total. The SMILES string of the molecule is Cc1ccc(C(=O)NC2(c3ccccn3)CC2)cc1B1OC(C)(C)C(C)(C)O1. The summed E-state index contributed by atoms with van der Waals surface area (Å²) in [5, 5.41) is 3.19. The molecule has 1 aromatic heterocycles. The topological polar surface area (TPSA) is 60.5 Å². The first-order valence-corrected chi connectivity index (χ1v) is 9.84. The second-order valence-corrected chi connectivity index (χ2v) is 8.91. The molecule has 4 rings (SSSR count). The molecule has 2 aliphatic rings. The zero-order chi connectivity index (χ0) is 20.2. The standard InChI is InChI=1S/C22H27BN2O3/c1-15-9-10-16(14-17(15)23-27-20(2,3)21(4,5)28-23)19(26)25-22(11-12-22)18-8-6-7-13-24-18/h6-10,13-14H,11-12H2,1-5H3,(H,25,26). The molecule has 0 radical (unpaired) electrons. The Bertz CT molecular complexity index is 891. The molecule has 6 heteroatoms. The van der Waals surface area contributed by atoms with Gasteiger partial charge in [-0.15, -0.1) is 0 Å². The number of benzene rings is 1. The molecule has 0 bridgehead atoms. The smallest absolute Gasteiger partial charge is 0.399 e. The third-order valence-corrected chi connectivity index (χ3v) is 6.31. The van der Waals surface area contributed by atoms with Crippen LogP contribution in [0.2, 0.25) is 0 Å². The largest absolute Gasteiger partial charge is 0.495 e. The van der Waals surface area contributed by atoms with E-state index in [2.05, 4.69) is 10.3 Å². The molecule has 0 spiro atoms. The molecule has 1 N–H and O–H groups in total. The minimum Gasteiger partial charge on any atom is -0.399 e. The third kappa shape index (κ3) is 3.25. The number of carbonyl (C=O) groups is 1. The number of nitrogens with one attached hydrogen (secondary N) is 1. The van der Waals surface area contributed by atoms with Crippen molar-refractivity contribution in [2.45, 2.75) is 64.2 Å². The second-order valence-electron chi connectivity index (χ2n) is 8.91. The van der Waals surface area contributed by atoms with E-state index in [9.17, 15) is 4.79 Å². The van der Waals surface area contributed by atoms with Gasteiger partial charge in [-0.05, 0) is 77.2 Å².